The molecule has 1 amide bonds. The lowest BCUT2D eigenvalue weighted by molar-refractivity contribution is -0.111. The van der Waals surface area contributed by atoms with Gasteiger partial charge in [-0.3, -0.25) is 9.69 Å². The smallest absolute Gasteiger partial charge is 0.248 e. The Balaban J connectivity index is 1.21. The van der Waals surface area contributed by atoms with Gasteiger partial charge in [0.2, 0.25) is 5.91 Å². The van der Waals surface area contributed by atoms with Crippen molar-refractivity contribution >= 4 is 23.4 Å². The fourth-order valence-corrected chi connectivity index (χ4v) is 5.35. The highest BCUT2D eigenvalue weighted by molar-refractivity contribution is 6.02. The molecule has 1 unspecified atom stereocenters. The summed E-state index contributed by atoms with van der Waals surface area (Å²) in [6.07, 6.45) is 5.62. The molecule has 1 aliphatic rings. The average Bonchev–Trinajstić information content (AvgIpc) is 3.53. The third-order valence-corrected chi connectivity index (χ3v) is 7.59. The molecule has 45 heavy (non-hydrogen) atoms. The summed E-state index contributed by atoms with van der Waals surface area (Å²) in [7, 11) is 3.07. The Bertz CT molecular complexity index is 1660. The van der Waals surface area contributed by atoms with Crippen molar-refractivity contribution in [2.75, 3.05) is 57.2 Å². The number of methoxy groups -OCH3 is 2. The van der Waals surface area contributed by atoms with Crippen molar-refractivity contribution < 1.29 is 32.5 Å². The number of carbonyl (C=O) groups excluding carboxylic acids is 1. The molecule has 1 fully saturated rings. The monoisotopic (exact) mass is 622 g/mol. The van der Waals surface area contributed by atoms with E-state index in [0.29, 0.717) is 54.6 Å². The number of rotatable bonds is 11. The summed E-state index contributed by atoms with van der Waals surface area (Å²) in [5.41, 5.74) is -0.478. The molecule has 0 aliphatic carbocycles. The molecular weight excluding hydrogens is 589 g/mol. The van der Waals surface area contributed by atoms with E-state index in [-0.39, 0.29) is 18.7 Å². The molecule has 2 N–H and O–H groups in total. The van der Waals surface area contributed by atoms with Crippen molar-refractivity contribution in [2.24, 2.45) is 0 Å². The molecule has 1 saturated heterocycles. The highest BCUT2D eigenvalue weighted by atomic mass is 19.1. The van der Waals surface area contributed by atoms with Gasteiger partial charge in [-0.1, -0.05) is 6.07 Å². The summed E-state index contributed by atoms with van der Waals surface area (Å²) < 4.78 is 55.6. The minimum atomic E-state index is -1.73. The minimum Gasteiger partial charge on any atom is -0.497 e. The Morgan fingerprint density at radius 3 is 2.44 bits per heavy atom. The lowest BCUT2D eigenvalue weighted by atomic mass is 9.92. The summed E-state index contributed by atoms with van der Waals surface area (Å²) >= 11 is 0. The molecule has 1 aliphatic heterocycles. The highest BCUT2D eigenvalue weighted by Crippen LogP contribution is 2.30. The molecule has 0 bridgehead atoms. The highest BCUT2D eigenvalue weighted by Gasteiger charge is 2.36. The van der Waals surface area contributed by atoms with Crippen LogP contribution in [-0.2, 0) is 16.9 Å². The summed E-state index contributed by atoms with van der Waals surface area (Å²) in [6.45, 7) is 1.68. The number of benzene rings is 3. The predicted molar refractivity (Wildman–Crippen MR) is 163 cm³/mol. The number of aromatic nitrogens is 3. The molecule has 4 aromatic rings. The number of anilines is 2. The standard InChI is InChI=1S/C32H33F3N6O4/c1-44-25-6-9-30(45-2)22(15-25)3-10-31(42)38-24-5-8-29(28(35)17-24)40-13-11-39(12-14-40)18-32(43,19-41-21-36-20-37-41)26-7-4-23(33)16-27(26)34/h3-10,15-17,20-21,43H,11-14,18-19H2,1-2H3,(H,38,42)/b10-3+. The average molecular weight is 623 g/mol. The van der Waals surface area contributed by atoms with E-state index in [9.17, 15) is 18.7 Å². The fraction of sp³-hybridized carbons (Fsp3) is 0.281. The molecule has 2 heterocycles. The summed E-state index contributed by atoms with van der Waals surface area (Å²) in [5.74, 6) is -1.38. The van der Waals surface area contributed by atoms with Crippen LogP contribution in [0.5, 0.6) is 11.5 Å². The number of halogens is 3. The van der Waals surface area contributed by atoms with Crippen LogP contribution in [0.15, 0.2) is 73.3 Å². The van der Waals surface area contributed by atoms with Crippen LogP contribution in [0.2, 0.25) is 0 Å². The summed E-state index contributed by atoms with van der Waals surface area (Å²) in [6, 6.07) is 12.8. The van der Waals surface area contributed by atoms with Crippen LogP contribution in [0.4, 0.5) is 24.5 Å². The third-order valence-electron chi connectivity index (χ3n) is 7.59. The first-order chi connectivity index (χ1) is 21.7. The SMILES string of the molecule is COc1ccc(OC)c(/C=C/C(=O)Nc2ccc(N3CCN(CC(O)(Cn4cncn4)c4ccc(F)cc4F)CC3)c(F)c2)c1. The number of carbonyl (C=O) groups is 1. The van der Waals surface area contributed by atoms with Gasteiger partial charge in [0.25, 0.3) is 0 Å². The van der Waals surface area contributed by atoms with Crippen LogP contribution in [0.3, 0.4) is 0 Å². The zero-order valence-electron chi connectivity index (χ0n) is 24.8. The first-order valence-electron chi connectivity index (χ1n) is 14.2. The molecule has 0 radical (unpaired) electrons. The second-order valence-electron chi connectivity index (χ2n) is 10.6. The Morgan fingerprint density at radius 2 is 1.78 bits per heavy atom. The molecule has 1 aromatic heterocycles. The number of hydrogen-bond donors (Lipinski definition) is 2. The lowest BCUT2D eigenvalue weighted by Gasteiger charge is -2.40. The molecule has 0 spiro atoms. The van der Waals surface area contributed by atoms with Crippen LogP contribution >= 0.6 is 0 Å². The second-order valence-corrected chi connectivity index (χ2v) is 10.6. The Kier molecular flexibility index (Phi) is 9.69. The molecule has 10 nitrogen and oxygen atoms in total. The van der Waals surface area contributed by atoms with Gasteiger partial charge in [0, 0.05) is 61.7 Å². The van der Waals surface area contributed by atoms with Gasteiger partial charge in [-0.15, -0.1) is 0 Å². The maximum absolute atomic E-state index is 15.2. The molecule has 236 valence electrons. The van der Waals surface area contributed by atoms with E-state index >= 15 is 4.39 Å². The van der Waals surface area contributed by atoms with Gasteiger partial charge >= 0.3 is 0 Å². The van der Waals surface area contributed by atoms with E-state index in [1.165, 1.54) is 42.7 Å². The van der Waals surface area contributed by atoms with Crippen molar-refractivity contribution in [1.82, 2.24) is 19.7 Å². The number of nitrogens with zero attached hydrogens (tertiary/aromatic N) is 5. The zero-order valence-corrected chi connectivity index (χ0v) is 24.8. The van der Waals surface area contributed by atoms with Gasteiger partial charge in [-0.05, 0) is 48.5 Å². The van der Waals surface area contributed by atoms with E-state index in [4.69, 9.17) is 9.47 Å². The fourth-order valence-electron chi connectivity index (χ4n) is 5.35. The first-order valence-corrected chi connectivity index (χ1v) is 14.2. The Morgan fingerprint density at radius 1 is 0.978 bits per heavy atom. The molecule has 5 rings (SSSR count). The van der Waals surface area contributed by atoms with E-state index in [0.717, 1.165) is 12.1 Å². The van der Waals surface area contributed by atoms with Crippen LogP contribution in [0.1, 0.15) is 11.1 Å². The topological polar surface area (TPSA) is 105 Å². The van der Waals surface area contributed by atoms with Gasteiger partial charge in [0.15, 0.2) is 0 Å². The van der Waals surface area contributed by atoms with Crippen LogP contribution < -0.4 is 19.7 Å². The number of nitrogens with one attached hydrogen (secondary N) is 1. The summed E-state index contributed by atoms with van der Waals surface area (Å²) in [5, 5.41) is 18.3. The van der Waals surface area contributed by atoms with Crippen LogP contribution in [-0.4, -0.2) is 77.6 Å². The molecule has 1 atom stereocenters. The number of β-amino-alcohol motifs (C(OH)–C–C–N with tert-alkyl or cyclic N) is 1. The van der Waals surface area contributed by atoms with Gasteiger partial charge in [0.05, 0.1) is 26.5 Å². The van der Waals surface area contributed by atoms with Crippen LogP contribution in [0.25, 0.3) is 6.08 Å². The normalized spacial score (nSPS) is 15.2. The zero-order chi connectivity index (χ0) is 32.0. The molecule has 3 aromatic carbocycles. The van der Waals surface area contributed by atoms with Crippen molar-refractivity contribution in [3.8, 4) is 11.5 Å². The number of amides is 1. The van der Waals surface area contributed by atoms with E-state index in [1.807, 2.05) is 9.80 Å². The van der Waals surface area contributed by atoms with Crippen molar-refractivity contribution in [1.29, 1.82) is 0 Å². The third kappa shape index (κ3) is 7.62. The van der Waals surface area contributed by atoms with Crippen molar-refractivity contribution in [3.63, 3.8) is 0 Å². The van der Waals surface area contributed by atoms with Crippen LogP contribution in [0, 0.1) is 17.5 Å². The number of ether oxygens (including phenoxy) is 2. The Hall–Kier alpha value is -4.88. The summed E-state index contributed by atoms with van der Waals surface area (Å²) in [4.78, 5) is 20.2. The van der Waals surface area contributed by atoms with Gasteiger partial charge in [-0.2, -0.15) is 5.10 Å². The van der Waals surface area contributed by atoms with E-state index in [1.54, 1.807) is 43.5 Å². The maximum Gasteiger partial charge on any atom is 0.248 e. The largest absolute Gasteiger partial charge is 0.497 e. The van der Waals surface area contributed by atoms with E-state index in [2.05, 4.69) is 15.4 Å². The van der Waals surface area contributed by atoms with Gasteiger partial charge < -0.3 is 24.8 Å². The van der Waals surface area contributed by atoms with Crippen molar-refractivity contribution in [2.45, 2.75) is 12.1 Å². The predicted octanol–water partition coefficient (Wildman–Crippen LogP) is 4.07. The van der Waals surface area contributed by atoms with E-state index < -0.39 is 29.0 Å². The molecule has 0 saturated carbocycles. The Labute approximate surface area is 258 Å². The quantitative estimate of drug-likeness (QED) is 0.241. The number of piperazine rings is 1. The minimum absolute atomic E-state index is 0.0336. The van der Waals surface area contributed by atoms with Crippen molar-refractivity contribution in [3.05, 3.63) is 102 Å². The molecule has 13 heteroatoms. The lowest BCUT2D eigenvalue weighted by Crippen LogP contribution is -2.52. The number of hydrogen-bond acceptors (Lipinski definition) is 8. The molecular formula is C32H33F3N6O4. The van der Waals surface area contributed by atoms with Gasteiger partial charge in [0.1, 0.15) is 47.2 Å². The second kappa shape index (κ2) is 13.8. The maximum atomic E-state index is 15.2. The number of aliphatic hydroxyl groups is 1. The first kappa shape index (κ1) is 31.5. The van der Waals surface area contributed by atoms with Gasteiger partial charge in [-0.25, -0.2) is 22.8 Å².